The third kappa shape index (κ3) is 9.81. The first-order chi connectivity index (χ1) is 35.6. The molecule has 5 aromatic rings. The first kappa shape index (κ1) is 50.3. The van der Waals surface area contributed by atoms with Gasteiger partial charge in [0.1, 0.15) is 22.8 Å². The van der Waals surface area contributed by atoms with Crippen LogP contribution < -0.4 is 24.6 Å². The van der Waals surface area contributed by atoms with E-state index in [1.807, 2.05) is 24.0 Å². The molecule has 17 nitrogen and oxygen atoms in total. The molecule has 1 amide bonds. The second-order valence-corrected chi connectivity index (χ2v) is 24.0. The van der Waals surface area contributed by atoms with E-state index in [-0.39, 0.29) is 58.5 Å². The van der Waals surface area contributed by atoms with Crippen molar-refractivity contribution < 1.29 is 41.8 Å². The standard InChI is InChI=1S/C55H67FN8O9S/c1-34(2)40-6-4-5-7-41(40)50-33-72-23-21-62(50)38-27-55(28-38)17-19-61(20-18-55)37-8-10-42(47(24-37)63-46-14-22-71-31-36(46)32-73-53-49(63)26-43-44(56)30-58-51(43)59-53)52(65)60-74(69,70)39-9-11-45(48(25-39)64(67)68)57-29-35-12-15-54(3,66)16-13-35/h4-11,24-26,30,34-36,38,46,50,57,66H,12-23,27-29,31-33H2,1-3H3,(H,58,59)(H,60,65)/t35-,36-,46+,50-,54-/m0/s1. The largest absolute Gasteiger partial charge is 0.476 e. The van der Waals surface area contributed by atoms with E-state index in [0.29, 0.717) is 74.6 Å². The van der Waals surface area contributed by atoms with Crippen LogP contribution in [-0.2, 0) is 19.5 Å². The molecule has 4 aliphatic heterocycles. The number of amides is 1. The van der Waals surface area contributed by atoms with Crippen molar-refractivity contribution in [1.82, 2.24) is 19.6 Å². The Hall–Kier alpha value is -5.86. The zero-order valence-electron chi connectivity index (χ0n) is 42.4. The molecular weight excluding hydrogens is 968 g/mol. The molecule has 3 saturated heterocycles. The minimum Gasteiger partial charge on any atom is -0.476 e. The number of pyridine rings is 1. The van der Waals surface area contributed by atoms with E-state index >= 15 is 4.39 Å². The van der Waals surface area contributed by atoms with Crippen LogP contribution in [0.5, 0.6) is 5.88 Å². The normalized spacial score (nSPS) is 25.4. The number of nitro benzene ring substituents is 1. The number of nitro groups is 1. The van der Waals surface area contributed by atoms with Crippen molar-refractivity contribution in [2.24, 2.45) is 17.3 Å². The Bertz CT molecular complexity index is 3030. The van der Waals surface area contributed by atoms with Crippen LogP contribution >= 0.6 is 0 Å². The predicted octanol–water partition coefficient (Wildman–Crippen LogP) is 8.96. The second kappa shape index (κ2) is 20.0. The Labute approximate surface area is 431 Å². The molecule has 0 unspecified atom stereocenters. The number of piperidine rings is 1. The number of ether oxygens (including phenoxy) is 3. The van der Waals surface area contributed by atoms with Gasteiger partial charge in [0.05, 0.1) is 64.5 Å². The number of rotatable bonds is 12. The van der Waals surface area contributed by atoms with Gasteiger partial charge in [0.2, 0.25) is 5.88 Å². The number of aromatic nitrogens is 2. The molecule has 6 heterocycles. The molecule has 6 aliphatic rings. The number of anilines is 4. The van der Waals surface area contributed by atoms with Crippen LogP contribution in [0.3, 0.4) is 0 Å². The van der Waals surface area contributed by atoms with Crippen molar-refractivity contribution in [3.63, 3.8) is 0 Å². The summed E-state index contributed by atoms with van der Waals surface area (Å²) in [4.78, 5) is 40.7. The number of benzene rings is 3. The van der Waals surface area contributed by atoms with E-state index in [2.05, 4.69) is 62.9 Å². The van der Waals surface area contributed by atoms with Gasteiger partial charge in [-0.2, -0.15) is 4.98 Å². The van der Waals surface area contributed by atoms with Gasteiger partial charge in [-0.1, -0.05) is 38.1 Å². The van der Waals surface area contributed by atoms with Crippen LogP contribution in [0.25, 0.3) is 11.0 Å². The molecule has 2 saturated carbocycles. The van der Waals surface area contributed by atoms with Gasteiger partial charge in [-0.25, -0.2) is 17.5 Å². The van der Waals surface area contributed by atoms with E-state index in [0.717, 1.165) is 76.5 Å². The number of carbonyl (C=O) groups excluding carboxylic acids is 1. The monoisotopic (exact) mass is 1030 g/mol. The molecule has 4 N–H and O–H groups in total. The lowest BCUT2D eigenvalue weighted by atomic mass is 9.59. The maximum absolute atomic E-state index is 15.4. The number of hydrogen-bond acceptors (Lipinski definition) is 14. The maximum atomic E-state index is 15.4. The summed E-state index contributed by atoms with van der Waals surface area (Å²) >= 11 is 0. The summed E-state index contributed by atoms with van der Waals surface area (Å²) in [6.45, 7) is 11.6. The number of fused-ring (bicyclic) bond motifs is 3. The molecule has 1 spiro atoms. The molecule has 2 aliphatic carbocycles. The van der Waals surface area contributed by atoms with Gasteiger partial charge in [0.25, 0.3) is 21.6 Å². The van der Waals surface area contributed by atoms with E-state index in [9.17, 15) is 28.4 Å². The summed E-state index contributed by atoms with van der Waals surface area (Å²) in [5.41, 5.74) is 3.88. The summed E-state index contributed by atoms with van der Waals surface area (Å²) in [5, 5.41) is 26.2. The van der Waals surface area contributed by atoms with Crippen LogP contribution in [0.15, 0.2) is 77.8 Å². The highest BCUT2D eigenvalue weighted by Crippen LogP contribution is 2.54. The highest BCUT2D eigenvalue weighted by atomic mass is 32.2. The summed E-state index contributed by atoms with van der Waals surface area (Å²) < 4.78 is 64.5. The zero-order valence-corrected chi connectivity index (χ0v) is 43.2. The number of aromatic amines is 1. The molecule has 0 radical (unpaired) electrons. The number of nitrogens with one attached hydrogen (secondary N) is 3. The van der Waals surface area contributed by atoms with E-state index in [4.69, 9.17) is 19.2 Å². The quantitative estimate of drug-likeness (QED) is 0.0681. The lowest BCUT2D eigenvalue weighted by Gasteiger charge is -2.57. The Morgan fingerprint density at radius 1 is 0.959 bits per heavy atom. The smallest absolute Gasteiger partial charge is 0.293 e. The SMILES string of the molecule is CC(C)c1ccccc1[C@@H]1COCCN1C1CC2(CCN(c3ccc(C(=O)NS(=O)(=O)c4ccc(NC[C@H]5CC[C@](C)(O)CC5)c([N+](=O)[O-])c4)c(N4c5cc6c(F)c[nH]c6nc5OC[C@@H]5COCC[C@H]54)c3)CC2)C1. The fourth-order valence-corrected chi connectivity index (χ4v) is 13.8. The lowest BCUT2D eigenvalue weighted by Crippen LogP contribution is -2.58. The average Bonchev–Trinajstić information content (AvgIpc) is 3.66. The van der Waals surface area contributed by atoms with Crippen LogP contribution in [0, 0.1) is 33.2 Å². The minimum atomic E-state index is -4.68. The number of sulfonamides is 1. The first-order valence-electron chi connectivity index (χ1n) is 26.4. The van der Waals surface area contributed by atoms with Crippen molar-refractivity contribution in [3.05, 3.63) is 106 Å². The van der Waals surface area contributed by atoms with Gasteiger partial charge in [0, 0.05) is 68.7 Å². The van der Waals surface area contributed by atoms with E-state index in [1.54, 1.807) is 12.1 Å². The molecule has 3 aromatic carbocycles. The van der Waals surface area contributed by atoms with Crippen LogP contribution in [-0.4, -0.2) is 116 Å². The average molecular weight is 1040 g/mol. The summed E-state index contributed by atoms with van der Waals surface area (Å²) in [7, 11) is -4.68. The molecule has 11 rings (SSSR count). The fraction of sp³-hybridized carbons (Fsp3) is 0.527. The highest BCUT2D eigenvalue weighted by molar-refractivity contribution is 7.90. The van der Waals surface area contributed by atoms with Gasteiger partial charge in [0.15, 0.2) is 0 Å². The molecule has 2 aromatic heterocycles. The van der Waals surface area contributed by atoms with Crippen LogP contribution in [0.4, 0.5) is 32.8 Å². The summed E-state index contributed by atoms with van der Waals surface area (Å²) in [5.74, 6) is -0.839. The topological polar surface area (TPSA) is 205 Å². The molecule has 3 atom stereocenters. The van der Waals surface area contributed by atoms with Gasteiger partial charge in [-0.05, 0) is 129 Å². The number of H-pyrrole nitrogens is 1. The number of nitrogens with zero attached hydrogens (tertiary/aromatic N) is 5. The Morgan fingerprint density at radius 2 is 1.73 bits per heavy atom. The number of hydrogen-bond donors (Lipinski definition) is 4. The molecule has 74 heavy (non-hydrogen) atoms. The Kier molecular flexibility index (Phi) is 13.6. The predicted molar refractivity (Wildman–Crippen MR) is 279 cm³/mol. The Morgan fingerprint density at radius 3 is 2.50 bits per heavy atom. The highest BCUT2D eigenvalue weighted by Gasteiger charge is 2.50. The van der Waals surface area contributed by atoms with Gasteiger partial charge in [-0.3, -0.25) is 19.8 Å². The summed E-state index contributed by atoms with van der Waals surface area (Å²) in [6, 6.07) is 19.8. The van der Waals surface area contributed by atoms with Gasteiger partial charge < -0.3 is 39.4 Å². The van der Waals surface area contributed by atoms with Crippen molar-refractivity contribution in [3.8, 4) is 5.88 Å². The van der Waals surface area contributed by atoms with Crippen molar-refractivity contribution in [2.45, 2.75) is 113 Å². The second-order valence-electron chi connectivity index (χ2n) is 22.3. The van der Waals surface area contributed by atoms with Crippen molar-refractivity contribution >= 4 is 55.4 Å². The number of halogens is 1. The van der Waals surface area contributed by atoms with E-state index in [1.165, 1.54) is 29.5 Å². The van der Waals surface area contributed by atoms with Gasteiger partial charge in [-0.15, -0.1) is 0 Å². The molecule has 5 fully saturated rings. The fourth-order valence-electron chi connectivity index (χ4n) is 12.8. The number of carbonyl (C=O) groups is 1. The molecule has 394 valence electrons. The lowest BCUT2D eigenvalue weighted by molar-refractivity contribution is -0.384. The number of morpholine rings is 1. The molecular formula is C55H67FN8O9S. The van der Waals surface area contributed by atoms with Crippen LogP contribution in [0.2, 0.25) is 0 Å². The third-order valence-electron chi connectivity index (χ3n) is 17.1. The van der Waals surface area contributed by atoms with Crippen molar-refractivity contribution in [2.75, 3.05) is 74.3 Å². The first-order valence-corrected chi connectivity index (χ1v) is 27.8. The Balaban J connectivity index is 0.882. The minimum absolute atomic E-state index is 0.0266. The summed E-state index contributed by atoms with van der Waals surface area (Å²) in [6.07, 6.45) is 8.68. The van der Waals surface area contributed by atoms with E-state index < -0.39 is 42.9 Å². The third-order valence-corrected chi connectivity index (χ3v) is 18.4. The maximum Gasteiger partial charge on any atom is 0.293 e. The van der Waals surface area contributed by atoms with Crippen LogP contribution in [0.1, 0.15) is 112 Å². The number of aliphatic hydroxyl groups is 1. The zero-order chi connectivity index (χ0) is 51.5. The molecule has 19 heteroatoms. The molecule has 0 bridgehead atoms. The van der Waals surface area contributed by atoms with Crippen molar-refractivity contribution in [1.29, 1.82) is 0 Å². The van der Waals surface area contributed by atoms with Gasteiger partial charge >= 0.3 is 0 Å².